The van der Waals surface area contributed by atoms with Gasteiger partial charge in [-0.2, -0.15) is 0 Å². The van der Waals surface area contributed by atoms with Gasteiger partial charge in [-0.05, 0) is 48.6 Å². The highest BCUT2D eigenvalue weighted by atomic mass is 19.2. The summed E-state index contributed by atoms with van der Waals surface area (Å²) < 4.78 is 26.1. The molecule has 1 N–H and O–H groups in total. The number of aryl methyl sites for hydroxylation is 1. The molecule has 0 saturated carbocycles. The van der Waals surface area contributed by atoms with E-state index in [-0.39, 0.29) is 12.3 Å². The largest absolute Gasteiger partial charge is 0.371 e. The normalized spacial score (nSPS) is 13.9. The number of carbonyl (C=O) groups excluding carboxylic acids is 1. The minimum atomic E-state index is -0.877. The second kappa shape index (κ2) is 8.10. The molecule has 0 radical (unpaired) electrons. The minimum Gasteiger partial charge on any atom is -0.371 e. The summed E-state index contributed by atoms with van der Waals surface area (Å²) in [4.78, 5) is 14.4. The number of rotatable bonds is 6. The van der Waals surface area contributed by atoms with Crippen LogP contribution in [-0.2, 0) is 17.8 Å². The molecule has 3 rings (SSSR count). The Morgan fingerprint density at radius 3 is 2.56 bits per heavy atom. The van der Waals surface area contributed by atoms with Gasteiger partial charge in [-0.15, -0.1) is 0 Å². The zero-order valence-electron chi connectivity index (χ0n) is 14.1. The SMILES string of the molecule is O=C(CCc1ccc(F)c(F)c1)NCc1ccccc1N1CCCC1. The molecule has 0 aromatic heterocycles. The Labute approximate surface area is 146 Å². The maximum Gasteiger partial charge on any atom is 0.220 e. The summed E-state index contributed by atoms with van der Waals surface area (Å²) in [5.41, 5.74) is 2.90. The van der Waals surface area contributed by atoms with Gasteiger partial charge in [-0.25, -0.2) is 8.78 Å². The highest BCUT2D eigenvalue weighted by molar-refractivity contribution is 5.76. The van der Waals surface area contributed by atoms with Crippen LogP contribution in [0.1, 0.15) is 30.4 Å². The summed E-state index contributed by atoms with van der Waals surface area (Å²) in [5, 5.41) is 2.93. The Morgan fingerprint density at radius 2 is 1.80 bits per heavy atom. The van der Waals surface area contributed by atoms with E-state index in [0.717, 1.165) is 30.8 Å². The van der Waals surface area contributed by atoms with Gasteiger partial charge in [-0.3, -0.25) is 4.79 Å². The average Bonchev–Trinajstić information content (AvgIpc) is 3.15. The number of hydrogen-bond acceptors (Lipinski definition) is 2. The maximum absolute atomic E-state index is 13.2. The van der Waals surface area contributed by atoms with Gasteiger partial charge in [-0.1, -0.05) is 24.3 Å². The van der Waals surface area contributed by atoms with E-state index < -0.39 is 11.6 Å². The number of nitrogens with one attached hydrogen (secondary N) is 1. The van der Waals surface area contributed by atoms with Crippen molar-refractivity contribution >= 4 is 11.6 Å². The summed E-state index contributed by atoms with van der Waals surface area (Å²) in [7, 11) is 0. The lowest BCUT2D eigenvalue weighted by molar-refractivity contribution is -0.121. The maximum atomic E-state index is 13.2. The monoisotopic (exact) mass is 344 g/mol. The first-order valence-electron chi connectivity index (χ1n) is 8.67. The molecule has 2 aromatic rings. The van der Waals surface area contributed by atoms with E-state index in [1.807, 2.05) is 18.2 Å². The van der Waals surface area contributed by atoms with Gasteiger partial charge in [0.15, 0.2) is 11.6 Å². The summed E-state index contributed by atoms with van der Waals surface area (Å²) in [6.07, 6.45) is 3.04. The van der Waals surface area contributed by atoms with Crippen molar-refractivity contribution in [3.63, 3.8) is 0 Å². The topological polar surface area (TPSA) is 32.3 Å². The predicted octanol–water partition coefficient (Wildman–Crippen LogP) is 3.81. The number of carbonyl (C=O) groups is 1. The summed E-state index contributed by atoms with van der Waals surface area (Å²) in [6.45, 7) is 2.59. The van der Waals surface area contributed by atoms with E-state index >= 15 is 0 Å². The van der Waals surface area contributed by atoms with Crippen molar-refractivity contribution < 1.29 is 13.6 Å². The van der Waals surface area contributed by atoms with Crippen LogP contribution in [0, 0.1) is 11.6 Å². The van der Waals surface area contributed by atoms with E-state index in [0.29, 0.717) is 18.5 Å². The summed E-state index contributed by atoms with van der Waals surface area (Å²) >= 11 is 0. The molecule has 132 valence electrons. The van der Waals surface area contributed by atoms with Gasteiger partial charge >= 0.3 is 0 Å². The van der Waals surface area contributed by atoms with Crippen LogP contribution in [0.2, 0.25) is 0 Å². The van der Waals surface area contributed by atoms with Crippen LogP contribution < -0.4 is 10.2 Å². The van der Waals surface area contributed by atoms with Gasteiger partial charge in [0.25, 0.3) is 0 Å². The van der Waals surface area contributed by atoms with E-state index in [9.17, 15) is 13.6 Å². The molecule has 5 heteroatoms. The van der Waals surface area contributed by atoms with Gasteiger partial charge in [0.1, 0.15) is 0 Å². The fraction of sp³-hybridized carbons (Fsp3) is 0.350. The van der Waals surface area contributed by atoms with E-state index in [1.165, 1.54) is 24.6 Å². The van der Waals surface area contributed by atoms with Crippen LogP contribution in [-0.4, -0.2) is 19.0 Å². The third kappa shape index (κ3) is 4.56. The average molecular weight is 344 g/mol. The third-order valence-corrected chi connectivity index (χ3v) is 4.54. The first kappa shape index (κ1) is 17.4. The van der Waals surface area contributed by atoms with Gasteiger partial charge < -0.3 is 10.2 Å². The second-order valence-electron chi connectivity index (χ2n) is 6.35. The standard InChI is InChI=1S/C20H22F2N2O/c21-17-9-7-15(13-18(17)22)8-10-20(25)23-14-16-5-1-2-6-19(16)24-11-3-4-12-24/h1-2,5-7,9,13H,3-4,8,10-12,14H2,(H,23,25). The molecule has 0 spiro atoms. The Bertz CT molecular complexity index is 742. The predicted molar refractivity (Wildman–Crippen MR) is 94.4 cm³/mol. The quantitative estimate of drug-likeness (QED) is 0.864. The zero-order chi connectivity index (χ0) is 17.6. The minimum absolute atomic E-state index is 0.0963. The van der Waals surface area contributed by atoms with Crippen molar-refractivity contribution in [1.29, 1.82) is 0 Å². The fourth-order valence-electron chi connectivity index (χ4n) is 3.16. The van der Waals surface area contributed by atoms with Crippen molar-refractivity contribution in [2.24, 2.45) is 0 Å². The fourth-order valence-corrected chi connectivity index (χ4v) is 3.16. The zero-order valence-corrected chi connectivity index (χ0v) is 14.1. The van der Waals surface area contributed by atoms with Crippen molar-refractivity contribution in [3.8, 4) is 0 Å². The molecule has 0 unspecified atom stereocenters. The highest BCUT2D eigenvalue weighted by Gasteiger charge is 2.15. The lowest BCUT2D eigenvalue weighted by Crippen LogP contribution is -2.25. The van der Waals surface area contributed by atoms with Crippen molar-refractivity contribution in [3.05, 3.63) is 65.2 Å². The van der Waals surface area contributed by atoms with Crippen LogP contribution in [0.5, 0.6) is 0 Å². The molecule has 1 saturated heterocycles. The van der Waals surface area contributed by atoms with Crippen molar-refractivity contribution in [2.75, 3.05) is 18.0 Å². The Hall–Kier alpha value is -2.43. The van der Waals surface area contributed by atoms with Crippen molar-refractivity contribution in [1.82, 2.24) is 5.32 Å². The summed E-state index contributed by atoms with van der Waals surface area (Å²) in [5.74, 6) is -1.84. The van der Waals surface area contributed by atoms with E-state index in [2.05, 4.69) is 16.3 Å². The van der Waals surface area contributed by atoms with Crippen LogP contribution in [0.25, 0.3) is 0 Å². The van der Waals surface area contributed by atoms with Gasteiger partial charge in [0.2, 0.25) is 5.91 Å². The molecule has 0 bridgehead atoms. The Morgan fingerprint density at radius 1 is 1.04 bits per heavy atom. The molecule has 1 heterocycles. The lowest BCUT2D eigenvalue weighted by Gasteiger charge is -2.21. The van der Waals surface area contributed by atoms with E-state index in [4.69, 9.17) is 0 Å². The first-order chi connectivity index (χ1) is 12.1. The molecule has 2 aromatic carbocycles. The van der Waals surface area contributed by atoms with Crippen molar-refractivity contribution in [2.45, 2.75) is 32.2 Å². The molecule has 1 amide bonds. The van der Waals surface area contributed by atoms with Gasteiger partial charge in [0.05, 0.1) is 0 Å². The van der Waals surface area contributed by atoms with Crippen LogP contribution in [0.15, 0.2) is 42.5 Å². The molecule has 0 aliphatic carbocycles. The molecular formula is C20H22F2N2O. The van der Waals surface area contributed by atoms with Crippen LogP contribution >= 0.6 is 0 Å². The highest BCUT2D eigenvalue weighted by Crippen LogP contribution is 2.24. The summed E-state index contributed by atoms with van der Waals surface area (Å²) in [6, 6.07) is 11.9. The third-order valence-electron chi connectivity index (χ3n) is 4.54. The Kier molecular flexibility index (Phi) is 5.64. The molecule has 25 heavy (non-hydrogen) atoms. The molecule has 3 nitrogen and oxygen atoms in total. The molecule has 0 atom stereocenters. The second-order valence-corrected chi connectivity index (χ2v) is 6.35. The number of para-hydroxylation sites is 1. The number of anilines is 1. The number of halogens is 2. The first-order valence-corrected chi connectivity index (χ1v) is 8.67. The number of amides is 1. The van der Waals surface area contributed by atoms with E-state index in [1.54, 1.807) is 0 Å². The van der Waals surface area contributed by atoms with Crippen LogP contribution in [0.4, 0.5) is 14.5 Å². The lowest BCUT2D eigenvalue weighted by atomic mass is 10.1. The molecular weight excluding hydrogens is 322 g/mol. The number of nitrogens with zero attached hydrogens (tertiary/aromatic N) is 1. The Balaban J connectivity index is 1.53. The molecule has 1 aliphatic rings. The number of benzene rings is 2. The van der Waals surface area contributed by atoms with Gasteiger partial charge in [0, 0.05) is 31.7 Å². The van der Waals surface area contributed by atoms with Crippen LogP contribution in [0.3, 0.4) is 0 Å². The smallest absolute Gasteiger partial charge is 0.220 e. The molecule has 1 aliphatic heterocycles. The number of hydrogen-bond donors (Lipinski definition) is 1. The molecule has 1 fully saturated rings.